The van der Waals surface area contributed by atoms with Crippen molar-refractivity contribution in [2.75, 3.05) is 0 Å². The average Bonchev–Trinajstić information content (AvgIpc) is 2.64. The Balaban J connectivity index is 2.10. The third-order valence-electron chi connectivity index (χ3n) is 2.49. The molecule has 76 valence electrons. The van der Waals surface area contributed by atoms with Gasteiger partial charge in [-0.25, -0.2) is 8.78 Å². The Morgan fingerprint density at radius 3 is 2.57 bits per heavy atom. The van der Waals surface area contributed by atoms with Crippen molar-refractivity contribution in [1.29, 1.82) is 0 Å². The van der Waals surface area contributed by atoms with Crippen LogP contribution in [-0.2, 0) is 0 Å². The first-order chi connectivity index (χ1) is 6.75. The number of halogens is 2. The van der Waals surface area contributed by atoms with Crippen LogP contribution in [0.15, 0.2) is 18.2 Å². The molecule has 0 N–H and O–H groups in total. The number of hydrogen-bond donors (Lipinski definition) is 0. The molecule has 0 atom stereocenters. The van der Waals surface area contributed by atoms with Gasteiger partial charge in [-0.2, -0.15) is 0 Å². The molecule has 1 aromatic rings. The second-order valence-electron chi connectivity index (χ2n) is 3.60. The minimum Gasteiger partial charge on any atom is -0.487 e. The molecule has 1 saturated carbocycles. The summed E-state index contributed by atoms with van der Waals surface area (Å²) in [5.74, 6) is -0.908. The average molecular weight is 198 g/mol. The Bertz CT molecular complexity index is 319. The predicted octanol–water partition coefficient (Wildman–Crippen LogP) is 3.29. The van der Waals surface area contributed by atoms with Gasteiger partial charge in [0, 0.05) is 6.07 Å². The Kier molecular flexibility index (Phi) is 2.66. The third-order valence-corrected chi connectivity index (χ3v) is 2.49. The minimum absolute atomic E-state index is 0.0388. The van der Waals surface area contributed by atoms with Crippen LogP contribution in [0.5, 0.6) is 5.75 Å². The van der Waals surface area contributed by atoms with Gasteiger partial charge in [-0.3, -0.25) is 0 Å². The highest BCUT2D eigenvalue weighted by atomic mass is 19.1. The molecule has 1 aromatic carbocycles. The Morgan fingerprint density at radius 1 is 1.14 bits per heavy atom. The molecule has 3 heteroatoms. The van der Waals surface area contributed by atoms with Gasteiger partial charge in [0.25, 0.3) is 0 Å². The molecule has 2 rings (SSSR count). The highest BCUT2D eigenvalue weighted by Crippen LogP contribution is 2.26. The smallest absolute Gasteiger partial charge is 0.165 e. The van der Waals surface area contributed by atoms with Crippen molar-refractivity contribution < 1.29 is 13.5 Å². The highest BCUT2D eigenvalue weighted by molar-refractivity contribution is 5.25. The molecule has 1 nitrogen and oxygen atoms in total. The quantitative estimate of drug-likeness (QED) is 0.708. The van der Waals surface area contributed by atoms with E-state index in [9.17, 15) is 8.78 Å². The molecule has 0 bridgehead atoms. The molecular formula is C11H12F2O. The molecule has 1 fully saturated rings. The predicted molar refractivity (Wildman–Crippen MR) is 49.2 cm³/mol. The molecule has 0 amide bonds. The fraction of sp³-hybridized carbons (Fsp3) is 0.455. The van der Waals surface area contributed by atoms with Crippen LogP contribution >= 0.6 is 0 Å². The number of hydrogen-bond acceptors (Lipinski definition) is 1. The monoisotopic (exact) mass is 198 g/mol. The van der Waals surface area contributed by atoms with Crippen molar-refractivity contribution in [3.63, 3.8) is 0 Å². The summed E-state index contributed by atoms with van der Waals surface area (Å²) >= 11 is 0. The molecule has 0 radical (unpaired) electrons. The zero-order chi connectivity index (χ0) is 9.97. The molecule has 1 aliphatic carbocycles. The lowest BCUT2D eigenvalue weighted by Crippen LogP contribution is -2.11. The van der Waals surface area contributed by atoms with Crippen LogP contribution in [0, 0.1) is 11.6 Å². The Hall–Kier alpha value is -1.12. The second-order valence-corrected chi connectivity index (χ2v) is 3.60. The lowest BCUT2D eigenvalue weighted by atomic mass is 10.3. The minimum atomic E-state index is -0.488. The van der Waals surface area contributed by atoms with E-state index in [1.54, 1.807) is 0 Å². The van der Waals surface area contributed by atoms with Gasteiger partial charge >= 0.3 is 0 Å². The van der Waals surface area contributed by atoms with Gasteiger partial charge < -0.3 is 4.74 Å². The Labute approximate surface area is 81.7 Å². The van der Waals surface area contributed by atoms with Crippen molar-refractivity contribution >= 4 is 0 Å². The number of ether oxygens (including phenoxy) is 1. The van der Waals surface area contributed by atoms with E-state index in [-0.39, 0.29) is 11.9 Å². The van der Waals surface area contributed by atoms with Gasteiger partial charge in [0.1, 0.15) is 5.82 Å². The summed E-state index contributed by atoms with van der Waals surface area (Å²) in [6, 6.07) is 3.30. The van der Waals surface area contributed by atoms with E-state index >= 15 is 0 Å². The second kappa shape index (κ2) is 3.95. The van der Waals surface area contributed by atoms with Crippen LogP contribution in [-0.4, -0.2) is 6.10 Å². The van der Waals surface area contributed by atoms with Crippen LogP contribution in [0.1, 0.15) is 25.7 Å². The van der Waals surface area contributed by atoms with Crippen LogP contribution in [0.4, 0.5) is 8.78 Å². The molecule has 0 spiro atoms. The van der Waals surface area contributed by atoms with Crippen molar-refractivity contribution in [1.82, 2.24) is 0 Å². The van der Waals surface area contributed by atoms with Gasteiger partial charge in [-0.15, -0.1) is 0 Å². The van der Waals surface area contributed by atoms with Gasteiger partial charge in [0.05, 0.1) is 6.10 Å². The molecule has 0 aliphatic heterocycles. The maximum absolute atomic E-state index is 13.1. The summed E-state index contributed by atoms with van der Waals surface area (Å²) in [6.45, 7) is 0. The standard InChI is InChI=1S/C11H12F2O/c12-8-5-6-10(13)11(7-8)14-9-3-1-2-4-9/h5-7,9H,1-4H2. The van der Waals surface area contributed by atoms with Crippen molar-refractivity contribution in [2.45, 2.75) is 31.8 Å². The summed E-state index contributed by atoms with van der Waals surface area (Å²) in [6.07, 6.45) is 4.17. The van der Waals surface area contributed by atoms with Crippen LogP contribution in [0.3, 0.4) is 0 Å². The van der Waals surface area contributed by atoms with Crippen LogP contribution in [0.25, 0.3) is 0 Å². The zero-order valence-electron chi connectivity index (χ0n) is 7.80. The van der Waals surface area contributed by atoms with E-state index in [0.717, 1.165) is 43.9 Å². The lowest BCUT2D eigenvalue weighted by Gasteiger charge is -2.13. The highest BCUT2D eigenvalue weighted by Gasteiger charge is 2.18. The van der Waals surface area contributed by atoms with E-state index in [1.165, 1.54) is 0 Å². The van der Waals surface area contributed by atoms with E-state index < -0.39 is 11.6 Å². The largest absolute Gasteiger partial charge is 0.487 e. The van der Waals surface area contributed by atoms with Crippen LogP contribution < -0.4 is 4.74 Å². The van der Waals surface area contributed by atoms with E-state index in [0.29, 0.717) is 0 Å². The van der Waals surface area contributed by atoms with E-state index in [1.807, 2.05) is 0 Å². The topological polar surface area (TPSA) is 9.23 Å². The maximum Gasteiger partial charge on any atom is 0.165 e. The molecule has 14 heavy (non-hydrogen) atoms. The molecule has 0 saturated heterocycles. The molecule has 0 heterocycles. The normalized spacial score (nSPS) is 17.3. The van der Waals surface area contributed by atoms with Gasteiger partial charge in [-0.1, -0.05) is 0 Å². The number of benzene rings is 1. The summed E-state index contributed by atoms with van der Waals surface area (Å²) < 4.78 is 31.3. The first kappa shape index (κ1) is 9.44. The number of rotatable bonds is 2. The van der Waals surface area contributed by atoms with Gasteiger partial charge in [0.15, 0.2) is 11.6 Å². The fourth-order valence-electron chi connectivity index (χ4n) is 1.75. The lowest BCUT2D eigenvalue weighted by molar-refractivity contribution is 0.200. The van der Waals surface area contributed by atoms with E-state index in [4.69, 9.17) is 4.74 Å². The molecular weight excluding hydrogens is 186 g/mol. The fourth-order valence-corrected chi connectivity index (χ4v) is 1.75. The first-order valence-electron chi connectivity index (χ1n) is 4.87. The van der Waals surface area contributed by atoms with Crippen molar-refractivity contribution in [2.24, 2.45) is 0 Å². The third kappa shape index (κ3) is 2.03. The summed E-state index contributed by atoms with van der Waals surface area (Å²) in [4.78, 5) is 0. The summed E-state index contributed by atoms with van der Waals surface area (Å²) in [5.41, 5.74) is 0. The maximum atomic E-state index is 13.1. The van der Waals surface area contributed by atoms with Gasteiger partial charge in [0.2, 0.25) is 0 Å². The zero-order valence-corrected chi connectivity index (χ0v) is 7.80. The van der Waals surface area contributed by atoms with Crippen LogP contribution in [0.2, 0.25) is 0 Å². The van der Waals surface area contributed by atoms with Crippen molar-refractivity contribution in [3.05, 3.63) is 29.8 Å². The molecule has 0 aromatic heterocycles. The summed E-state index contributed by atoms with van der Waals surface area (Å²) in [7, 11) is 0. The van der Waals surface area contributed by atoms with Crippen molar-refractivity contribution in [3.8, 4) is 5.75 Å². The Morgan fingerprint density at radius 2 is 1.86 bits per heavy atom. The SMILES string of the molecule is Fc1ccc(F)c(OC2CCCC2)c1. The van der Waals surface area contributed by atoms with E-state index in [2.05, 4.69) is 0 Å². The summed E-state index contributed by atoms with van der Waals surface area (Å²) in [5, 5.41) is 0. The first-order valence-corrected chi connectivity index (χ1v) is 4.87. The molecule has 1 aliphatic rings. The van der Waals surface area contributed by atoms with Gasteiger partial charge in [-0.05, 0) is 37.8 Å². The molecule has 0 unspecified atom stereocenters.